The lowest BCUT2D eigenvalue weighted by Gasteiger charge is -2.31. The molecule has 0 bridgehead atoms. The number of likely N-dealkylation sites (tertiary alicyclic amines) is 1. The Balaban J connectivity index is 1.36. The summed E-state index contributed by atoms with van der Waals surface area (Å²) in [5.74, 6) is -0.575. The summed E-state index contributed by atoms with van der Waals surface area (Å²) in [5.41, 5.74) is 8.06. The number of rotatable bonds is 8. The number of hydrogen-bond acceptors (Lipinski definition) is 5. The van der Waals surface area contributed by atoms with Gasteiger partial charge in [0, 0.05) is 36.1 Å². The highest BCUT2D eigenvalue weighted by molar-refractivity contribution is 6.30. The van der Waals surface area contributed by atoms with Crippen LogP contribution in [0.15, 0.2) is 67.0 Å². The molecule has 2 aromatic carbocycles. The Hall–Kier alpha value is -3.53. The number of urea groups is 1. The van der Waals surface area contributed by atoms with E-state index in [4.69, 9.17) is 17.3 Å². The fourth-order valence-electron chi connectivity index (χ4n) is 5.07. The van der Waals surface area contributed by atoms with Crippen molar-refractivity contribution in [3.05, 3.63) is 89.0 Å². The Morgan fingerprint density at radius 1 is 1.08 bits per heavy atom. The fraction of sp³-hybridized carbons (Fsp3) is 0.345. The lowest BCUT2D eigenvalue weighted by Crippen LogP contribution is -2.45. The number of pyridine rings is 1. The summed E-state index contributed by atoms with van der Waals surface area (Å²) in [7, 11) is 0. The molecule has 2 aliphatic rings. The molecule has 1 unspecified atom stereocenters. The number of carbonyl (C=O) groups is 2. The minimum atomic E-state index is -0.993. The van der Waals surface area contributed by atoms with Crippen LogP contribution < -0.4 is 16.4 Å². The molecule has 1 saturated heterocycles. The summed E-state index contributed by atoms with van der Waals surface area (Å²) in [6.07, 6.45) is 6.46. The summed E-state index contributed by atoms with van der Waals surface area (Å²) in [6, 6.07) is 13.2. The van der Waals surface area contributed by atoms with Crippen molar-refractivity contribution in [1.29, 1.82) is 0 Å². The van der Waals surface area contributed by atoms with Crippen molar-refractivity contribution in [3.63, 3.8) is 0 Å². The summed E-state index contributed by atoms with van der Waals surface area (Å²) >= 11 is 5.91. The predicted molar refractivity (Wildman–Crippen MR) is 148 cm³/mol. The normalized spacial score (nSPS) is 20.4. The van der Waals surface area contributed by atoms with Crippen LogP contribution in [-0.4, -0.2) is 45.6 Å². The molecule has 10 heteroatoms. The molecule has 1 aliphatic carbocycles. The second-order valence-corrected chi connectivity index (χ2v) is 10.8. The average molecular weight is 552 g/mol. The predicted octanol–water partition coefficient (Wildman–Crippen LogP) is 4.87. The number of nitrogens with zero attached hydrogens (tertiary/aromatic N) is 2. The number of β-amino-alcohol motifs (C(OH)–C–C–N with tert-alkyl or cyclic N) is 1. The molecular weight excluding hydrogens is 521 g/mol. The molecule has 1 aromatic heterocycles. The van der Waals surface area contributed by atoms with Crippen molar-refractivity contribution in [2.75, 3.05) is 17.2 Å². The van der Waals surface area contributed by atoms with Crippen LogP contribution in [0.25, 0.3) is 0 Å². The van der Waals surface area contributed by atoms with Crippen LogP contribution in [0, 0.1) is 11.7 Å². The number of anilines is 2. The van der Waals surface area contributed by atoms with E-state index in [1.54, 1.807) is 48.8 Å². The minimum Gasteiger partial charge on any atom is -0.391 e. The molecule has 2 fully saturated rings. The third-order valence-corrected chi connectivity index (χ3v) is 7.77. The maximum Gasteiger partial charge on any atom is 0.322 e. The molecule has 5 N–H and O–H groups in total. The quantitative estimate of drug-likeness (QED) is 0.318. The van der Waals surface area contributed by atoms with Gasteiger partial charge in [0.1, 0.15) is 11.9 Å². The van der Waals surface area contributed by atoms with Gasteiger partial charge in [-0.3, -0.25) is 9.78 Å². The lowest BCUT2D eigenvalue weighted by atomic mass is 9.79. The van der Waals surface area contributed by atoms with Gasteiger partial charge in [0.05, 0.1) is 17.3 Å². The Morgan fingerprint density at radius 2 is 1.79 bits per heavy atom. The zero-order valence-corrected chi connectivity index (χ0v) is 22.1. The first kappa shape index (κ1) is 27.1. The highest BCUT2D eigenvalue weighted by Gasteiger charge is 2.40. The van der Waals surface area contributed by atoms with Crippen molar-refractivity contribution in [2.45, 2.75) is 49.8 Å². The Labute approximate surface area is 231 Å². The van der Waals surface area contributed by atoms with E-state index in [9.17, 15) is 19.1 Å². The van der Waals surface area contributed by atoms with Crippen LogP contribution in [0.5, 0.6) is 0 Å². The van der Waals surface area contributed by atoms with Gasteiger partial charge < -0.3 is 26.4 Å². The van der Waals surface area contributed by atoms with E-state index in [1.807, 2.05) is 12.1 Å². The van der Waals surface area contributed by atoms with Crippen molar-refractivity contribution in [1.82, 2.24) is 9.88 Å². The number of amides is 3. The zero-order chi connectivity index (χ0) is 27.6. The van der Waals surface area contributed by atoms with E-state index in [1.165, 1.54) is 23.8 Å². The molecular formula is C29H31ClFN5O3. The number of hydrogen-bond donors (Lipinski definition) is 4. The largest absolute Gasteiger partial charge is 0.391 e. The number of halogens is 2. The number of nitrogens with two attached hydrogens (primary N) is 1. The Bertz CT molecular complexity index is 1340. The van der Waals surface area contributed by atoms with Crippen molar-refractivity contribution < 1.29 is 19.1 Å². The van der Waals surface area contributed by atoms with E-state index >= 15 is 0 Å². The van der Waals surface area contributed by atoms with Crippen LogP contribution in [0.2, 0.25) is 5.02 Å². The molecule has 1 saturated carbocycles. The first-order valence-corrected chi connectivity index (χ1v) is 13.4. The molecule has 3 atom stereocenters. The van der Waals surface area contributed by atoms with Crippen LogP contribution >= 0.6 is 11.6 Å². The first-order valence-electron chi connectivity index (χ1n) is 13.0. The van der Waals surface area contributed by atoms with E-state index in [-0.39, 0.29) is 18.7 Å². The molecule has 0 radical (unpaired) electrons. The molecule has 39 heavy (non-hydrogen) atoms. The van der Waals surface area contributed by atoms with Crippen LogP contribution in [0.3, 0.4) is 0 Å². The van der Waals surface area contributed by atoms with E-state index < -0.39 is 35.4 Å². The average Bonchev–Trinajstić information content (AvgIpc) is 3.69. The lowest BCUT2D eigenvalue weighted by molar-refractivity contribution is -0.119. The summed E-state index contributed by atoms with van der Waals surface area (Å²) in [6.45, 7) is -0.0326. The van der Waals surface area contributed by atoms with Gasteiger partial charge >= 0.3 is 6.03 Å². The van der Waals surface area contributed by atoms with Gasteiger partial charge in [0.15, 0.2) is 0 Å². The minimum absolute atomic E-state index is 0.0282. The smallest absolute Gasteiger partial charge is 0.322 e. The second-order valence-electron chi connectivity index (χ2n) is 10.4. The third-order valence-electron chi connectivity index (χ3n) is 7.52. The Morgan fingerprint density at radius 3 is 2.49 bits per heavy atom. The van der Waals surface area contributed by atoms with Crippen LogP contribution in [0.1, 0.15) is 43.2 Å². The maximum absolute atomic E-state index is 15.0. The topological polar surface area (TPSA) is 121 Å². The molecule has 1 aliphatic heterocycles. The van der Waals surface area contributed by atoms with Gasteiger partial charge in [0.2, 0.25) is 5.91 Å². The van der Waals surface area contributed by atoms with Crippen molar-refractivity contribution in [2.24, 2.45) is 11.7 Å². The number of aliphatic hydroxyl groups excluding tert-OH is 1. The van der Waals surface area contributed by atoms with E-state index in [2.05, 4.69) is 15.6 Å². The van der Waals surface area contributed by atoms with Gasteiger partial charge in [-0.15, -0.1) is 0 Å². The van der Waals surface area contributed by atoms with Gasteiger partial charge in [-0.05, 0) is 78.4 Å². The van der Waals surface area contributed by atoms with Gasteiger partial charge in [-0.1, -0.05) is 30.5 Å². The molecule has 204 valence electrons. The first-order chi connectivity index (χ1) is 18.7. The number of carbonyl (C=O) groups excluding carboxylic acids is 2. The molecule has 0 spiro atoms. The maximum atomic E-state index is 15.0. The van der Waals surface area contributed by atoms with Gasteiger partial charge in [-0.2, -0.15) is 0 Å². The number of nitrogens with one attached hydrogen (secondary N) is 2. The zero-order valence-electron chi connectivity index (χ0n) is 21.3. The SMILES string of the molecule is NC(CCC1CC1)(c1ccncc1)c1ccc(F)c(NC(=O)[C@H]2C[C@@H](O)CN2C(=O)Nc2ccc(Cl)cc2)c1. The standard InChI is InChI=1S/C29H31ClFN5O3/c30-21-4-6-22(7-5-21)34-28(39)36-17-23(37)16-26(36)27(38)35-25-15-20(3-8-24(25)31)29(32,12-9-18-1-2-18)19-10-13-33-14-11-19/h3-8,10-11,13-15,18,23,26,37H,1-2,9,12,16-17,32H2,(H,34,39)(H,35,38)/t23-,26-,29?/m1/s1. The Kier molecular flexibility index (Phi) is 7.83. The van der Waals surface area contributed by atoms with Crippen LogP contribution in [0.4, 0.5) is 20.6 Å². The fourth-order valence-corrected chi connectivity index (χ4v) is 5.20. The van der Waals surface area contributed by atoms with E-state index in [0.29, 0.717) is 28.6 Å². The second kappa shape index (κ2) is 11.3. The van der Waals surface area contributed by atoms with Crippen molar-refractivity contribution in [3.8, 4) is 0 Å². The summed E-state index contributed by atoms with van der Waals surface area (Å²) in [5, 5.41) is 16.1. The van der Waals surface area contributed by atoms with Gasteiger partial charge in [0.25, 0.3) is 0 Å². The highest BCUT2D eigenvalue weighted by atomic mass is 35.5. The molecule has 8 nitrogen and oxygen atoms in total. The van der Waals surface area contributed by atoms with Crippen molar-refractivity contribution >= 4 is 34.9 Å². The number of benzene rings is 2. The third kappa shape index (κ3) is 6.21. The van der Waals surface area contributed by atoms with E-state index in [0.717, 1.165) is 12.0 Å². The monoisotopic (exact) mass is 551 g/mol. The highest BCUT2D eigenvalue weighted by Crippen LogP contribution is 2.40. The molecule has 5 rings (SSSR count). The van der Waals surface area contributed by atoms with Crippen LogP contribution in [-0.2, 0) is 10.3 Å². The molecule has 3 aromatic rings. The number of aliphatic hydroxyl groups is 1. The summed E-state index contributed by atoms with van der Waals surface area (Å²) in [4.78, 5) is 31.6. The number of aromatic nitrogens is 1. The van der Waals surface area contributed by atoms with Gasteiger partial charge in [-0.25, -0.2) is 9.18 Å². The molecule has 3 amide bonds. The molecule has 2 heterocycles. The summed E-state index contributed by atoms with van der Waals surface area (Å²) < 4.78 is 15.0.